The number of rotatable bonds is 11. The standard InChI is InChI=1S/C21H28ClFN2O2/c1-4-25(5-2)11-10-24-14-16-6-9-20(21(12-16)26-3)27-15-17-7-8-18(23)13-19(17)22/h6-9,12-13,24H,4-5,10-11,14-15H2,1-3H3. The van der Waals surface area contributed by atoms with Crippen molar-refractivity contribution in [1.29, 1.82) is 0 Å². The van der Waals surface area contributed by atoms with Gasteiger partial charge in [-0.3, -0.25) is 0 Å². The van der Waals surface area contributed by atoms with E-state index in [4.69, 9.17) is 21.1 Å². The summed E-state index contributed by atoms with van der Waals surface area (Å²) >= 11 is 6.05. The Bertz CT molecular complexity index is 723. The first-order chi connectivity index (χ1) is 13.1. The molecule has 0 aliphatic rings. The Kier molecular flexibility index (Phi) is 8.85. The normalized spacial score (nSPS) is 11.0. The molecule has 0 saturated carbocycles. The smallest absolute Gasteiger partial charge is 0.161 e. The van der Waals surface area contributed by atoms with E-state index in [2.05, 4.69) is 24.1 Å². The van der Waals surface area contributed by atoms with Gasteiger partial charge in [0.25, 0.3) is 0 Å². The monoisotopic (exact) mass is 394 g/mol. The predicted molar refractivity (Wildman–Crippen MR) is 108 cm³/mol. The highest BCUT2D eigenvalue weighted by Crippen LogP contribution is 2.29. The van der Waals surface area contributed by atoms with E-state index in [9.17, 15) is 4.39 Å². The van der Waals surface area contributed by atoms with E-state index in [0.717, 1.165) is 43.9 Å². The summed E-state index contributed by atoms with van der Waals surface area (Å²) in [6, 6.07) is 10.1. The van der Waals surface area contributed by atoms with Crippen molar-refractivity contribution in [1.82, 2.24) is 10.2 Å². The molecule has 2 aromatic carbocycles. The quantitative estimate of drug-likeness (QED) is 0.569. The second-order valence-corrected chi connectivity index (χ2v) is 6.62. The van der Waals surface area contributed by atoms with Crippen molar-refractivity contribution in [3.05, 3.63) is 58.4 Å². The summed E-state index contributed by atoms with van der Waals surface area (Å²) in [6.07, 6.45) is 0. The zero-order valence-electron chi connectivity index (χ0n) is 16.2. The van der Waals surface area contributed by atoms with E-state index in [1.807, 2.05) is 18.2 Å². The largest absolute Gasteiger partial charge is 0.493 e. The molecule has 2 aromatic rings. The molecular formula is C21H28ClFN2O2. The zero-order valence-corrected chi connectivity index (χ0v) is 17.0. The fourth-order valence-corrected chi connectivity index (χ4v) is 2.97. The van der Waals surface area contributed by atoms with Crippen LogP contribution in [0.15, 0.2) is 36.4 Å². The SMILES string of the molecule is CCN(CC)CCNCc1ccc(OCc2ccc(F)cc2Cl)c(OC)c1. The van der Waals surface area contributed by atoms with Gasteiger partial charge in [0.2, 0.25) is 0 Å². The van der Waals surface area contributed by atoms with Gasteiger partial charge in [-0.2, -0.15) is 0 Å². The number of nitrogens with zero attached hydrogens (tertiary/aromatic N) is 1. The van der Waals surface area contributed by atoms with Crippen LogP contribution in [0.5, 0.6) is 11.5 Å². The molecule has 0 aliphatic carbocycles. The molecule has 0 saturated heterocycles. The van der Waals surface area contributed by atoms with Crippen LogP contribution in [0.1, 0.15) is 25.0 Å². The van der Waals surface area contributed by atoms with E-state index in [1.165, 1.54) is 12.1 Å². The maximum absolute atomic E-state index is 13.1. The third kappa shape index (κ3) is 6.69. The first-order valence-corrected chi connectivity index (χ1v) is 9.61. The molecule has 0 amide bonds. The molecule has 0 heterocycles. The Balaban J connectivity index is 1.91. The van der Waals surface area contributed by atoms with Crippen molar-refractivity contribution in [2.45, 2.75) is 27.0 Å². The lowest BCUT2D eigenvalue weighted by atomic mass is 10.2. The van der Waals surface area contributed by atoms with Crippen LogP contribution in [0.4, 0.5) is 4.39 Å². The summed E-state index contributed by atoms with van der Waals surface area (Å²) in [4.78, 5) is 2.38. The molecule has 27 heavy (non-hydrogen) atoms. The molecule has 0 atom stereocenters. The van der Waals surface area contributed by atoms with Crippen molar-refractivity contribution in [2.75, 3.05) is 33.3 Å². The Labute approximate surface area is 166 Å². The molecule has 0 bridgehead atoms. The van der Waals surface area contributed by atoms with Gasteiger partial charge in [-0.25, -0.2) is 4.39 Å². The van der Waals surface area contributed by atoms with Crippen LogP contribution >= 0.6 is 11.6 Å². The Morgan fingerprint density at radius 3 is 2.52 bits per heavy atom. The summed E-state index contributed by atoms with van der Waals surface area (Å²) in [6.45, 7) is 9.46. The fraction of sp³-hybridized carbons (Fsp3) is 0.429. The minimum atomic E-state index is -0.362. The maximum Gasteiger partial charge on any atom is 0.161 e. The van der Waals surface area contributed by atoms with Gasteiger partial charge in [-0.15, -0.1) is 0 Å². The number of benzene rings is 2. The lowest BCUT2D eigenvalue weighted by molar-refractivity contribution is 0.284. The molecule has 2 rings (SSSR count). The van der Waals surface area contributed by atoms with E-state index in [0.29, 0.717) is 16.5 Å². The first kappa shape index (κ1) is 21.5. The lowest BCUT2D eigenvalue weighted by Gasteiger charge is -2.18. The third-order valence-corrected chi connectivity index (χ3v) is 4.81. The summed E-state index contributed by atoms with van der Waals surface area (Å²) in [5, 5.41) is 3.80. The number of likely N-dealkylation sites (N-methyl/N-ethyl adjacent to an activating group) is 1. The van der Waals surface area contributed by atoms with Crippen LogP contribution < -0.4 is 14.8 Å². The highest BCUT2D eigenvalue weighted by molar-refractivity contribution is 6.31. The number of hydrogen-bond acceptors (Lipinski definition) is 4. The predicted octanol–water partition coefficient (Wildman–Crippen LogP) is 4.50. The molecule has 0 aromatic heterocycles. The third-order valence-electron chi connectivity index (χ3n) is 4.45. The molecule has 0 radical (unpaired) electrons. The van der Waals surface area contributed by atoms with Gasteiger partial charge in [0.15, 0.2) is 11.5 Å². The van der Waals surface area contributed by atoms with E-state index >= 15 is 0 Å². The minimum absolute atomic E-state index is 0.247. The highest BCUT2D eigenvalue weighted by atomic mass is 35.5. The number of ether oxygens (including phenoxy) is 2. The molecule has 0 spiro atoms. The van der Waals surface area contributed by atoms with Crippen LogP contribution in [0.25, 0.3) is 0 Å². The first-order valence-electron chi connectivity index (χ1n) is 9.24. The maximum atomic E-state index is 13.1. The van der Waals surface area contributed by atoms with Gasteiger partial charge < -0.3 is 19.7 Å². The van der Waals surface area contributed by atoms with Crippen LogP contribution in [0, 0.1) is 5.82 Å². The molecule has 0 aliphatic heterocycles. The van der Waals surface area contributed by atoms with Crippen molar-refractivity contribution in [3.63, 3.8) is 0 Å². The number of halogens is 2. The molecule has 1 N–H and O–H groups in total. The van der Waals surface area contributed by atoms with Crippen LogP contribution in [-0.4, -0.2) is 38.2 Å². The number of hydrogen-bond donors (Lipinski definition) is 1. The summed E-state index contributed by atoms with van der Waals surface area (Å²) < 4.78 is 24.4. The van der Waals surface area contributed by atoms with Crippen LogP contribution in [0.2, 0.25) is 5.02 Å². The molecule has 0 fully saturated rings. The van der Waals surface area contributed by atoms with Crippen LogP contribution in [-0.2, 0) is 13.2 Å². The van der Waals surface area contributed by atoms with Crippen LogP contribution in [0.3, 0.4) is 0 Å². The average Bonchev–Trinajstić information content (AvgIpc) is 2.68. The fourth-order valence-electron chi connectivity index (χ4n) is 2.75. The molecule has 148 valence electrons. The van der Waals surface area contributed by atoms with Gasteiger partial charge in [-0.1, -0.05) is 37.6 Å². The van der Waals surface area contributed by atoms with Crippen molar-refractivity contribution >= 4 is 11.6 Å². The summed E-state index contributed by atoms with van der Waals surface area (Å²) in [7, 11) is 1.62. The molecule has 4 nitrogen and oxygen atoms in total. The van der Waals surface area contributed by atoms with Gasteiger partial charge in [0.05, 0.1) is 12.1 Å². The zero-order chi connectivity index (χ0) is 19.6. The lowest BCUT2D eigenvalue weighted by Crippen LogP contribution is -2.31. The number of nitrogens with one attached hydrogen (secondary N) is 1. The Morgan fingerprint density at radius 2 is 1.85 bits per heavy atom. The second-order valence-electron chi connectivity index (χ2n) is 6.21. The second kappa shape index (κ2) is 11.1. The molecular weight excluding hydrogens is 367 g/mol. The summed E-state index contributed by atoms with van der Waals surface area (Å²) in [5.41, 5.74) is 1.85. The van der Waals surface area contributed by atoms with E-state index < -0.39 is 0 Å². The summed E-state index contributed by atoms with van der Waals surface area (Å²) in [5.74, 6) is 0.931. The van der Waals surface area contributed by atoms with E-state index in [1.54, 1.807) is 13.2 Å². The molecule has 6 heteroatoms. The van der Waals surface area contributed by atoms with Crippen molar-refractivity contribution in [2.24, 2.45) is 0 Å². The molecule has 0 unspecified atom stereocenters. The van der Waals surface area contributed by atoms with Gasteiger partial charge in [0, 0.05) is 25.2 Å². The van der Waals surface area contributed by atoms with Gasteiger partial charge >= 0.3 is 0 Å². The Hall–Kier alpha value is -1.82. The average molecular weight is 395 g/mol. The Morgan fingerprint density at radius 1 is 1.07 bits per heavy atom. The highest BCUT2D eigenvalue weighted by Gasteiger charge is 2.08. The van der Waals surface area contributed by atoms with Crippen molar-refractivity contribution in [3.8, 4) is 11.5 Å². The minimum Gasteiger partial charge on any atom is -0.493 e. The number of methoxy groups -OCH3 is 1. The van der Waals surface area contributed by atoms with Gasteiger partial charge in [0.1, 0.15) is 12.4 Å². The van der Waals surface area contributed by atoms with Gasteiger partial charge in [-0.05, 0) is 42.9 Å². The van der Waals surface area contributed by atoms with E-state index in [-0.39, 0.29) is 12.4 Å². The topological polar surface area (TPSA) is 33.7 Å². The van der Waals surface area contributed by atoms with Crippen molar-refractivity contribution < 1.29 is 13.9 Å².